The lowest BCUT2D eigenvalue weighted by molar-refractivity contribution is -0.137. The van der Waals surface area contributed by atoms with Crippen molar-refractivity contribution in [3.63, 3.8) is 0 Å². The zero-order valence-electron chi connectivity index (χ0n) is 10.2. The Kier molecular flexibility index (Phi) is 2.74. The lowest BCUT2D eigenvalue weighted by Gasteiger charge is -2.47. The predicted molar refractivity (Wildman–Crippen MR) is 62.6 cm³/mol. The van der Waals surface area contributed by atoms with Crippen molar-refractivity contribution in [2.45, 2.75) is 52.9 Å². The second-order valence-corrected chi connectivity index (χ2v) is 5.61. The van der Waals surface area contributed by atoms with Crippen LogP contribution in [0.2, 0.25) is 0 Å². The molecule has 2 rings (SSSR count). The molecular formula is C14H22O. The molecule has 0 spiro atoms. The molecular weight excluding hydrogens is 184 g/mol. The number of carbonyl (C=O) groups is 1. The molecule has 84 valence electrons. The summed E-state index contributed by atoms with van der Waals surface area (Å²) in [4.78, 5) is 12.1. The molecule has 0 bridgehead atoms. The van der Waals surface area contributed by atoms with Crippen molar-refractivity contribution in [1.29, 1.82) is 0 Å². The molecule has 1 saturated carbocycles. The van der Waals surface area contributed by atoms with E-state index in [0.29, 0.717) is 11.7 Å². The number of rotatable bonds is 1. The molecule has 3 unspecified atom stereocenters. The van der Waals surface area contributed by atoms with E-state index in [1.807, 2.05) is 0 Å². The van der Waals surface area contributed by atoms with Crippen molar-refractivity contribution in [2.24, 2.45) is 17.3 Å². The maximum atomic E-state index is 12.1. The Labute approximate surface area is 92.9 Å². The monoisotopic (exact) mass is 206 g/mol. The number of fused-ring (bicyclic) bond motifs is 1. The summed E-state index contributed by atoms with van der Waals surface area (Å²) in [6.45, 7) is 6.69. The highest BCUT2D eigenvalue weighted by Crippen LogP contribution is 2.50. The molecule has 15 heavy (non-hydrogen) atoms. The van der Waals surface area contributed by atoms with Crippen LogP contribution in [0.25, 0.3) is 0 Å². The standard InChI is InChI=1S/C14H22O/c1-4-11-5-6-13(15)14(3)8-7-10(2)9-12(11)14/h7,11-12H,4-6,8-9H2,1-3H3. The first-order valence-electron chi connectivity index (χ1n) is 6.27. The molecule has 2 aliphatic rings. The summed E-state index contributed by atoms with van der Waals surface area (Å²) in [5.74, 6) is 1.91. The molecule has 2 aliphatic carbocycles. The molecule has 3 atom stereocenters. The number of ketones is 1. The third kappa shape index (κ3) is 1.66. The highest BCUT2D eigenvalue weighted by atomic mass is 16.1. The van der Waals surface area contributed by atoms with Crippen molar-refractivity contribution in [3.05, 3.63) is 11.6 Å². The van der Waals surface area contributed by atoms with Crippen molar-refractivity contribution < 1.29 is 4.79 Å². The molecule has 0 aromatic heterocycles. The average Bonchev–Trinajstić information content (AvgIpc) is 2.22. The van der Waals surface area contributed by atoms with Gasteiger partial charge in [0.2, 0.25) is 0 Å². The summed E-state index contributed by atoms with van der Waals surface area (Å²) >= 11 is 0. The maximum Gasteiger partial charge on any atom is 0.139 e. The van der Waals surface area contributed by atoms with Crippen LogP contribution in [-0.4, -0.2) is 5.78 Å². The second kappa shape index (κ2) is 3.77. The highest BCUT2D eigenvalue weighted by molar-refractivity contribution is 5.86. The van der Waals surface area contributed by atoms with E-state index in [0.717, 1.165) is 31.6 Å². The number of hydrogen-bond donors (Lipinski definition) is 0. The van der Waals surface area contributed by atoms with E-state index >= 15 is 0 Å². The normalized spacial score (nSPS) is 41.0. The van der Waals surface area contributed by atoms with Gasteiger partial charge in [-0.2, -0.15) is 0 Å². The Morgan fingerprint density at radius 3 is 2.93 bits per heavy atom. The minimum Gasteiger partial charge on any atom is -0.299 e. The molecule has 0 aromatic carbocycles. The van der Waals surface area contributed by atoms with Crippen LogP contribution in [0.4, 0.5) is 0 Å². The molecule has 0 aliphatic heterocycles. The molecule has 1 heteroatoms. The lowest BCUT2D eigenvalue weighted by Crippen LogP contribution is -2.45. The minimum absolute atomic E-state index is 0.0293. The van der Waals surface area contributed by atoms with Gasteiger partial charge in [0, 0.05) is 11.8 Å². The van der Waals surface area contributed by atoms with Gasteiger partial charge in [-0.05, 0) is 38.0 Å². The molecule has 0 aromatic rings. The van der Waals surface area contributed by atoms with Crippen molar-refractivity contribution >= 4 is 5.78 Å². The minimum atomic E-state index is -0.0293. The van der Waals surface area contributed by atoms with Gasteiger partial charge in [0.1, 0.15) is 5.78 Å². The zero-order valence-corrected chi connectivity index (χ0v) is 10.2. The van der Waals surface area contributed by atoms with Gasteiger partial charge in [0.15, 0.2) is 0 Å². The molecule has 1 nitrogen and oxygen atoms in total. The third-order valence-electron chi connectivity index (χ3n) is 4.71. The number of carbonyl (C=O) groups excluding carboxylic acids is 1. The van der Waals surface area contributed by atoms with E-state index in [1.54, 1.807) is 0 Å². The van der Waals surface area contributed by atoms with Crippen LogP contribution in [0, 0.1) is 17.3 Å². The van der Waals surface area contributed by atoms with E-state index in [1.165, 1.54) is 12.0 Å². The fourth-order valence-corrected chi connectivity index (χ4v) is 3.49. The van der Waals surface area contributed by atoms with Gasteiger partial charge < -0.3 is 0 Å². The van der Waals surface area contributed by atoms with Crippen LogP contribution in [0.5, 0.6) is 0 Å². The topological polar surface area (TPSA) is 17.1 Å². The molecule has 1 fully saturated rings. The summed E-state index contributed by atoms with van der Waals surface area (Å²) in [6.07, 6.45) is 7.61. The smallest absolute Gasteiger partial charge is 0.139 e. The van der Waals surface area contributed by atoms with Crippen LogP contribution in [0.3, 0.4) is 0 Å². The van der Waals surface area contributed by atoms with Crippen LogP contribution in [-0.2, 0) is 4.79 Å². The molecule has 0 saturated heterocycles. The summed E-state index contributed by atoms with van der Waals surface area (Å²) in [7, 11) is 0. The van der Waals surface area contributed by atoms with E-state index in [2.05, 4.69) is 26.8 Å². The summed E-state index contributed by atoms with van der Waals surface area (Å²) < 4.78 is 0. The van der Waals surface area contributed by atoms with Gasteiger partial charge in [0.05, 0.1) is 0 Å². The largest absolute Gasteiger partial charge is 0.299 e. The van der Waals surface area contributed by atoms with Crippen LogP contribution in [0.15, 0.2) is 11.6 Å². The summed E-state index contributed by atoms with van der Waals surface area (Å²) in [5.41, 5.74) is 1.46. The summed E-state index contributed by atoms with van der Waals surface area (Å²) in [5, 5.41) is 0. The van der Waals surface area contributed by atoms with E-state index in [4.69, 9.17) is 0 Å². The Morgan fingerprint density at radius 1 is 1.53 bits per heavy atom. The van der Waals surface area contributed by atoms with E-state index in [9.17, 15) is 4.79 Å². The average molecular weight is 206 g/mol. The Morgan fingerprint density at radius 2 is 2.27 bits per heavy atom. The lowest BCUT2D eigenvalue weighted by atomic mass is 9.56. The predicted octanol–water partition coefficient (Wildman–Crippen LogP) is 3.74. The Balaban J connectivity index is 2.31. The first-order chi connectivity index (χ1) is 7.08. The van der Waals surface area contributed by atoms with E-state index < -0.39 is 0 Å². The number of Topliss-reactive ketones (excluding diaryl/α,β-unsaturated/α-hetero) is 1. The Hall–Kier alpha value is -0.590. The molecule has 0 heterocycles. The SMILES string of the molecule is CCC1CCC(=O)C2(C)CC=C(C)CC12. The molecule has 0 radical (unpaired) electrons. The highest BCUT2D eigenvalue weighted by Gasteiger charge is 2.47. The van der Waals surface area contributed by atoms with Crippen LogP contribution < -0.4 is 0 Å². The van der Waals surface area contributed by atoms with Gasteiger partial charge in [-0.25, -0.2) is 0 Å². The zero-order chi connectivity index (χ0) is 11.1. The van der Waals surface area contributed by atoms with Crippen molar-refractivity contribution in [1.82, 2.24) is 0 Å². The van der Waals surface area contributed by atoms with Gasteiger partial charge in [-0.15, -0.1) is 0 Å². The second-order valence-electron chi connectivity index (χ2n) is 5.61. The third-order valence-corrected chi connectivity index (χ3v) is 4.71. The van der Waals surface area contributed by atoms with Crippen LogP contribution in [0.1, 0.15) is 52.9 Å². The van der Waals surface area contributed by atoms with E-state index in [-0.39, 0.29) is 5.41 Å². The maximum absolute atomic E-state index is 12.1. The van der Waals surface area contributed by atoms with Gasteiger partial charge >= 0.3 is 0 Å². The van der Waals surface area contributed by atoms with Gasteiger partial charge in [-0.1, -0.05) is 31.9 Å². The first-order valence-corrected chi connectivity index (χ1v) is 6.27. The molecule has 0 N–H and O–H groups in total. The number of allylic oxidation sites excluding steroid dienone is 2. The van der Waals surface area contributed by atoms with Crippen LogP contribution >= 0.6 is 0 Å². The first kappa shape index (κ1) is 10.9. The van der Waals surface area contributed by atoms with Gasteiger partial charge in [-0.3, -0.25) is 4.79 Å². The number of hydrogen-bond acceptors (Lipinski definition) is 1. The summed E-state index contributed by atoms with van der Waals surface area (Å²) in [6, 6.07) is 0. The van der Waals surface area contributed by atoms with Crippen molar-refractivity contribution in [3.8, 4) is 0 Å². The van der Waals surface area contributed by atoms with Gasteiger partial charge in [0.25, 0.3) is 0 Å². The quantitative estimate of drug-likeness (QED) is 0.597. The van der Waals surface area contributed by atoms with Crippen molar-refractivity contribution in [2.75, 3.05) is 0 Å². The molecule has 0 amide bonds. The Bertz CT molecular complexity index is 302. The fourth-order valence-electron chi connectivity index (χ4n) is 3.49. The fraction of sp³-hybridized carbons (Fsp3) is 0.786.